The molecule has 1 heterocycles. The summed E-state index contributed by atoms with van der Waals surface area (Å²) in [5.74, 6) is 0.860. The van der Waals surface area contributed by atoms with Crippen LogP contribution in [0.3, 0.4) is 0 Å². The van der Waals surface area contributed by atoms with Crippen molar-refractivity contribution in [2.24, 2.45) is 0 Å². The molecule has 1 N–H and O–H groups in total. The highest BCUT2D eigenvalue weighted by molar-refractivity contribution is 6.31. The van der Waals surface area contributed by atoms with E-state index in [1.54, 1.807) is 55.6 Å². The SMILES string of the molecule is COc1ccc(OCCCC(=O)Nc2ccc3c(c2)N(Cc2c(F)cccc2Cl)C(=O)CO3)cc1. The second-order valence-electron chi connectivity index (χ2n) is 7.83. The van der Waals surface area contributed by atoms with Gasteiger partial charge >= 0.3 is 0 Å². The maximum Gasteiger partial charge on any atom is 0.265 e. The minimum Gasteiger partial charge on any atom is -0.497 e. The number of nitrogens with zero attached hydrogens (tertiary/aromatic N) is 1. The summed E-state index contributed by atoms with van der Waals surface area (Å²) in [6, 6.07) is 16.6. The number of benzene rings is 3. The van der Waals surface area contributed by atoms with Crippen molar-refractivity contribution in [3.63, 3.8) is 0 Å². The van der Waals surface area contributed by atoms with Crippen LogP contribution < -0.4 is 24.4 Å². The van der Waals surface area contributed by atoms with Crippen LogP contribution in [0.25, 0.3) is 0 Å². The molecule has 0 fully saturated rings. The molecule has 0 saturated carbocycles. The number of hydrogen-bond donors (Lipinski definition) is 1. The molecule has 0 aromatic heterocycles. The third-order valence-electron chi connectivity index (χ3n) is 5.44. The van der Waals surface area contributed by atoms with Crippen LogP contribution in [0.1, 0.15) is 18.4 Å². The molecule has 3 aromatic carbocycles. The van der Waals surface area contributed by atoms with Gasteiger partial charge in [-0.3, -0.25) is 9.59 Å². The fourth-order valence-electron chi connectivity index (χ4n) is 3.61. The van der Waals surface area contributed by atoms with Crippen molar-refractivity contribution in [2.75, 3.05) is 30.5 Å². The highest BCUT2D eigenvalue weighted by atomic mass is 35.5. The first-order chi connectivity index (χ1) is 16.9. The molecule has 0 aliphatic carbocycles. The van der Waals surface area contributed by atoms with Gasteiger partial charge in [0.15, 0.2) is 6.61 Å². The summed E-state index contributed by atoms with van der Waals surface area (Å²) in [6.07, 6.45) is 0.763. The molecule has 9 heteroatoms. The lowest BCUT2D eigenvalue weighted by molar-refractivity contribution is -0.121. The molecular formula is C26H24ClFN2O5. The topological polar surface area (TPSA) is 77.1 Å². The minimum absolute atomic E-state index is 0.0548. The Labute approximate surface area is 207 Å². The summed E-state index contributed by atoms with van der Waals surface area (Å²) in [4.78, 5) is 26.4. The molecule has 1 aliphatic rings. The molecule has 1 aliphatic heterocycles. The predicted molar refractivity (Wildman–Crippen MR) is 131 cm³/mol. The van der Waals surface area contributed by atoms with Crippen LogP contribution in [0.5, 0.6) is 17.2 Å². The molecule has 0 bridgehead atoms. The molecular weight excluding hydrogens is 475 g/mol. The average molecular weight is 499 g/mol. The second kappa shape index (κ2) is 11.1. The number of methoxy groups -OCH3 is 1. The van der Waals surface area contributed by atoms with Gasteiger partial charge in [0, 0.05) is 22.7 Å². The van der Waals surface area contributed by atoms with Gasteiger partial charge in [-0.2, -0.15) is 0 Å². The van der Waals surface area contributed by atoms with Crippen LogP contribution in [-0.4, -0.2) is 32.1 Å². The van der Waals surface area contributed by atoms with Crippen LogP contribution in [0.2, 0.25) is 5.02 Å². The highest BCUT2D eigenvalue weighted by Crippen LogP contribution is 2.36. The first-order valence-corrected chi connectivity index (χ1v) is 11.4. The van der Waals surface area contributed by atoms with Crippen molar-refractivity contribution in [1.82, 2.24) is 0 Å². The van der Waals surface area contributed by atoms with E-state index in [9.17, 15) is 14.0 Å². The Hall–Kier alpha value is -3.78. The number of rotatable bonds is 9. The molecule has 0 radical (unpaired) electrons. The van der Waals surface area contributed by atoms with Gasteiger partial charge in [-0.1, -0.05) is 17.7 Å². The van der Waals surface area contributed by atoms with E-state index >= 15 is 0 Å². The van der Waals surface area contributed by atoms with E-state index in [1.165, 1.54) is 17.0 Å². The van der Waals surface area contributed by atoms with Crippen molar-refractivity contribution in [2.45, 2.75) is 19.4 Å². The number of hydrogen-bond acceptors (Lipinski definition) is 5. The van der Waals surface area contributed by atoms with E-state index < -0.39 is 5.82 Å². The van der Waals surface area contributed by atoms with Crippen molar-refractivity contribution in [3.8, 4) is 17.2 Å². The van der Waals surface area contributed by atoms with Gasteiger partial charge < -0.3 is 24.4 Å². The monoisotopic (exact) mass is 498 g/mol. The zero-order valence-corrected chi connectivity index (χ0v) is 19.8. The second-order valence-corrected chi connectivity index (χ2v) is 8.23. The minimum atomic E-state index is -0.500. The van der Waals surface area contributed by atoms with Crippen LogP contribution in [-0.2, 0) is 16.1 Å². The normalized spacial score (nSPS) is 12.5. The maximum absolute atomic E-state index is 14.3. The summed E-state index contributed by atoms with van der Waals surface area (Å²) >= 11 is 6.15. The standard InChI is InChI=1S/C26H24ClFN2O5/c1-33-18-8-10-19(11-9-18)34-13-3-6-25(31)29-17-7-12-24-23(14-17)30(26(32)16-35-24)15-20-21(27)4-2-5-22(20)28/h2,4-5,7-12,14H,3,6,13,15-16H2,1H3,(H,29,31). The van der Waals surface area contributed by atoms with Crippen LogP contribution in [0, 0.1) is 5.82 Å². The Morgan fingerprint density at radius 3 is 2.66 bits per heavy atom. The van der Waals surface area contributed by atoms with Gasteiger partial charge in [-0.15, -0.1) is 0 Å². The summed E-state index contributed by atoms with van der Waals surface area (Å²) in [6.45, 7) is 0.156. The van der Waals surface area contributed by atoms with E-state index in [2.05, 4.69) is 5.32 Å². The molecule has 0 unspecified atom stereocenters. The smallest absolute Gasteiger partial charge is 0.265 e. The molecule has 4 rings (SSSR count). The lowest BCUT2D eigenvalue weighted by Crippen LogP contribution is -2.38. The van der Waals surface area contributed by atoms with Crippen molar-refractivity contribution in [1.29, 1.82) is 0 Å². The van der Waals surface area contributed by atoms with Crippen molar-refractivity contribution in [3.05, 3.63) is 77.1 Å². The third kappa shape index (κ3) is 6.02. The number of ether oxygens (including phenoxy) is 3. The van der Waals surface area contributed by atoms with Gasteiger partial charge in [0.25, 0.3) is 5.91 Å². The molecule has 3 aromatic rings. The van der Waals surface area contributed by atoms with E-state index in [-0.39, 0.29) is 42.0 Å². The van der Waals surface area contributed by atoms with Gasteiger partial charge in [-0.05, 0) is 61.0 Å². The third-order valence-corrected chi connectivity index (χ3v) is 5.79. The van der Waals surface area contributed by atoms with E-state index in [0.29, 0.717) is 35.9 Å². The van der Waals surface area contributed by atoms with E-state index in [0.717, 1.165) is 5.75 Å². The Kier molecular flexibility index (Phi) is 7.72. The number of nitrogens with one attached hydrogen (secondary N) is 1. The fraction of sp³-hybridized carbons (Fsp3) is 0.231. The summed E-state index contributed by atoms with van der Waals surface area (Å²) in [5, 5.41) is 3.05. The first-order valence-electron chi connectivity index (χ1n) is 11.0. The Bertz CT molecular complexity index is 1200. The van der Waals surface area contributed by atoms with Crippen molar-refractivity contribution >= 4 is 34.8 Å². The quantitative estimate of drug-likeness (QED) is 0.410. The molecule has 7 nitrogen and oxygen atoms in total. The summed E-state index contributed by atoms with van der Waals surface area (Å²) in [5.41, 5.74) is 1.13. The Balaban J connectivity index is 1.37. The van der Waals surface area contributed by atoms with Gasteiger partial charge in [0.1, 0.15) is 23.1 Å². The van der Waals surface area contributed by atoms with Crippen LogP contribution in [0.15, 0.2) is 60.7 Å². The number of amides is 2. The molecule has 0 atom stereocenters. The highest BCUT2D eigenvalue weighted by Gasteiger charge is 2.27. The lowest BCUT2D eigenvalue weighted by atomic mass is 10.1. The summed E-state index contributed by atoms with van der Waals surface area (Å²) in [7, 11) is 1.60. The molecule has 182 valence electrons. The molecule has 2 amide bonds. The Morgan fingerprint density at radius 2 is 1.91 bits per heavy atom. The number of carbonyl (C=O) groups is 2. The number of fused-ring (bicyclic) bond motifs is 1. The van der Waals surface area contributed by atoms with E-state index in [1.807, 2.05) is 0 Å². The number of carbonyl (C=O) groups excluding carboxylic acids is 2. The number of halogens is 2. The largest absolute Gasteiger partial charge is 0.497 e. The lowest BCUT2D eigenvalue weighted by Gasteiger charge is -2.30. The van der Waals surface area contributed by atoms with E-state index in [4.69, 9.17) is 25.8 Å². The fourth-order valence-corrected chi connectivity index (χ4v) is 3.84. The molecule has 35 heavy (non-hydrogen) atoms. The van der Waals surface area contributed by atoms with Gasteiger partial charge in [-0.25, -0.2) is 4.39 Å². The van der Waals surface area contributed by atoms with Crippen LogP contribution in [0.4, 0.5) is 15.8 Å². The van der Waals surface area contributed by atoms with Gasteiger partial charge in [0.2, 0.25) is 5.91 Å². The summed E-state index contributed by atoms with van der Waals surface area (Å²) < 4.78 is 30.6. The Morgan fingerprint density at radius 1 is 1.14 bits per heavy atom. The number of anilines is 2. The zero-order valence-electron chi connectivity index (χ0n) is 19.1. The van der Waals surface area contributed by atoms with Gasteiger partial charge in [0.05, 0.1) is 25.9 Å². The zero-order chi connectivity index (χ0) is 24.8. The molecule has 0 saturated heterocycles. The predicted octanol–water partition coefficient (Wildman–Crippen LogP) is 5.21. The first kappa shape index (κ1) is 24.3. The molecule has 0 spiro atoms. The maximum atomic E-state index is 14.3. The van der Waals surface area contributed by atoms with Crippen LogP contribution >= 0.6 is 11.6 Å². The average Bonchev–Trinajstić information content (AvgIpc) is 2.86. The van der Waals surface area contributed by atoms with Crippen molar-refractivity contribution < 1.29 is 28.2 Å².